The summed E-state index contributed by atoms with van der Waals surface area (Å²) in [6, 6.07) is 6.93. The van der Waals surface area contributed by atoms with Gasteiger partial charge in [-0.25, -0.2) is 0 Å². The molecule has 4 nitrogen and oxygen atoms in total. The molecule has 0 aliphatic rings. The second-order valence-electron chi connectivity index (χ2n) is 4.16. The third kappa shape index (κ3) is 3.85. The van der Waals surface area contributed by atoms with Gasteiger partial charge in [0.25, 0.3) is 0 Å². The molecule has 1 amide bonds. The molecule has 1 rings (SSSR count). The molecule has 0 radical (unpaired) electrons. The average Bonchev–Trinajstić information content (AvgIpc) is 2.27. The van der Waals surface area contributed by atoms with Crippen molar-refractivity contribution in [2.24, 2.45) is 0 Å². The number of benzene rings is 1. The molecule has 0 aliphatic carbocycles. The predicted molar refractivity (Wildman–Crippen MR) is 70.0 cm³/mol. The minimum atomic E-state index is -1.33. The van der Waals surface area contributed by atoms with Crippen molar-refractivity contribution >= 4 is 22.4 Å². The molecule has 0 saturated carbocycles. The van der Waals surface area contributed by atoms with Crippen molar-refractivity contribution in [3.8, 4) is 0 Å². The van der Waals surface area contributed by atoms with Crippen molar-refractivity contribution in [1.29, 1.82) is 0 Å². The van der Waals surface area contributed by atoms with Gasteiger partial charge < -0.3 is 10.6 Å². The van der Waals surface area contributed by atoms with E-state index >= 15 is 0 Å². The fourth-order valence-electron chi connectivity index (χ4n) is 1.24. The van der Waals surface area contributed by atoms with Gasteiger partial charge in [0.1, 0.15) is 5.75 Å². The zero-order chi connectivity index (χ0) is 13.0. The topological polar surface area (TPSA) is 63.4 Å². The van der Waals surface area contributed by atoms with Crippen LogP contribution in [0.25, 0.3) is 0 Å². The highest BCUT2D eigenvalue weighted by Gasteiger charge is 2.16. The summed E-state index contributed by atoms with van der Waals surface area (Å²) in [6.45, 7) is 3.84. The van der Waals surface area contributed by atoms with E-state index in [1.807, 2.05) is 13.8 Å². The Kier molecular flexibility index (Phi) is 4.69. The monoisotopic (exact) mass is 254 g/mol. The zero-order valence-corrected chi connectivity index (χ0v) is 11.2. The molecule has 5 heteroatoms. The summed E-state index contributed by atoms with van der Waals surface area (Å²) in [4.78, 5) is 13.9. The molecule has 1 aromatic rings. The van der Waals surface area contributed by atoms with Gasteiger partial charge in [-0.15, -0.1) is 0 Å². The van der Waals surface area contributed by atoms with E-state index in [2.05, 4.69) is 0 Å². The second-order valence-corrected chi connectivity index (χ2v) is 5.61. The molecule has 1 atom stereocenters. The number of hydrogen-bond acceptors (Lipinski definition) is 3. The number of carbonyl (C=O) groups is 1. The Morgan fingerprint density at radius 3 is 2.65 bits per heavy atom. The Hall–Kier alpha value is -1.36. The Bertz CT molecular complexity index is 432. The van der Waals surface area contributed by atoms with Gasteiger partial charge in [0, 0.05) is 23.7 Å². The van der Waals surface area contributed by atoms with Crippen LogP contribution in [0.1, 0.15) is 13.8 Å². The first-order valence-corrected chi connectivity index (χ1v) is 6.73. The van der Waals surface area contributed by atoms with Crippen molar-refractivity contribution in [2.75, 3.05) is 18.5 Å². The van der Waals surface area contributed by atoms with Crippen LogP contribution >= 0.6 is 0 Å². The molecule has 0 aliphatic heterocycles. The standard InChI is InChI=1S/C12H18N2O2S/c1-9(2)14(3)12(15)8-17(16)11-6-4-5-10(13)7-11/h4-7,9H,8,13H2,1-3H3. The summed E-state index contributed by atoms with van der Waals surface area (Å²) in [6.07, 6.45) is 0. The zero-order valence-electron chi connectivity index (χ0n) is 10.3. The summed E-state index contributed by atoms with van der Waals surface area (Å²) in [5.41, 5.74) is 6.16. The van der Waals surface area contributed by atoms with Gasteiger partial charge >= 0.3 is 0 Å². The summed E-state index contributed by atoms with van der Waals surface area (Å²) in [5, 5.41) is 0. The third-order valence-corrected chi connectivity index (χ3v) is 3.83. The van der Waals surface area contributed by atoms with Crippen molar-refractivity contribution in [3.63, 3.8) is 0 Å². The lowest BCUT2D eigenvalue weighted by Crippen LogP contribution is -2.36. The smallest absolute Gasteiger partial charge is 0.235 e. The summed E-state index contributed by atoms with van der Waals surface area (Å²) in [5.74, 6) is -0.126. The van der Waals surface area contributed by atoms with Gasteiger partial charge in [-0.3, -0.25) is 9.00 Å². The summed E-state index contributed by atoms with van der Waals surface area (Å²) < 4.78 is 11.9. The first-order chi connectivity index (χ1) is 7.91. The van der Waals surface area contributed by atoms with Gasteiger partial charge in [-0.05, 0) is 32.0 Å². The number of anilines is 1. The normalized spacial score (nSPS) is 12.5. The molecule has 0 heterocycles. The number of nitrogens with zero attached hydrogens (tertiary/aromatic N) is 1. The van der Waals surface area contributed by atoms with E-state index in [4.69, 9.17) is 5.73 Å². The molecular formula is C12H18N2O2S. The molecule has 0 bridgehead atoms. The van der Waals surface area contributed by atoms with Crippen LogP contribution in [-0.2, 0) is 15.6 Å². The number of rotatable bonds is 4. The van der Waals surface area contributed by atoms with E-state index < -0.39 is 10.8 Å². The number of nitrogen functional groups attached to an aromatic ring is 1. The average molecular weight is 254 g/mol. The first-order valence-electron chi connectivity index (χ1n) is 5.41. The second kappa shape index (κ2) is 5.82. The van der Waals surface area contributed by atoms with E-state index in [1.54, 1.807) is 36.2 Å². The number of nitrogens with two attached hydrogens (primary N) is 1. The predicted octanol–water partition coefficient (Wildman–Crippen LogP) is 1.24. The highest BCUT2D eigenvalue weighted by molar-refractivity contribution is 7.85. The van der Waals surface area contributed by atoms with E-state index in [1.165, 1.54) is 0 Å². The minimum absolute atomic E-state index is 0.00185. The lowest BCUT2D eigenvalue weighted by atomic mass is 10.3. The Morgan fingerprint density at radius 1 is 1.47 bits per heavy atom. The molecule has 1 aromatic carbocycles. The lowest BCUT2D eigenvalue weighted by Gasteiger charge is -2.21. The molecular weight excluding hydrogens is 236 g/mol. The van der Waals surface area contributed by atoms with Gasteiger partial charge in [0.2, 0.25) is 5.91 Å². The molecule has 17 heavy (non-hydrogen) atoms. The fourth-order valence-corrected chi connectivity index (χ4v) is 2.33. The quantitative estimate of drug-likeness (QED) is 0.822. The van der Waals surface area contributed by atoms with Crippen LogP contribution in [0.2, 0.25) is 0 Å². The van der Waals surface area contributed by atoms with Gasteiger partial charge in [-0.2, -0.15) is 0 Å². The maximum absolute atomic E-state index is 11.9. The van der Waals surface area contributed by atoms with Gasteiger partial charge in [-0.1, -0.05) is 6.07 Å². The molecule has 94 valence electrons. The fraction of sp³-hybridized carbons (Fsp3) is 0.417. The highest BCUT2D eigenvalue weighted by Crippen LogP contribution is 2.11. The Balaban J connectivity index is 2.70. The van der Waals surface area contributed by atoms with E-state index in [0.29, 0.717) is 10.6 Å². The molecule has 0 saturated heterocycles. The van der Waals surface area contributed by atoms with Gasteiger partial charge in [0.05, 0.1) is 10.8 Å². The molecule has 0 aromatic heterocycles. The van der Waals surface area contributed by atoms with Crippen LogP contribution in [0.15, 0.2) is 29.2 Å². The van der Waals surface area contributed by atoms with Crippen molar-refractivity contribution in [1.82, 2.24) is 4.90 Å². The van der Waals surface area contributed by atoms with Crippen LogP contribution < -0.4 is 5.73 Å². The number of carbonyl (C=O) groups excluding carboxylic acids is 1. The van der Waals surface area contributed by atoms with Crippen molar-refractivity contribution < 1.29 is 9.00 Å². The highest BCUT2D eigenvalue weighted by atomic mass is 32.2. The van der Waals surface area contributed by atoms with E-state index in [0.717, 1.165) is 0 Å². The summed E-state index contributed by atoms with van der Waals surface area (Å²) in [7, 11) is 0.380. The maximum Gasteiger partial charge on any atom is 0.235 e. The van der Waals surface area contributed by atoms with Crippen molar-refractivity contribution in [3.05, 3.63) is 24.3 Å². The van der Waals surface area contributed by atoms with Gasteiger partial charge in [0.15, 0.2) is 0 Å². The van der Waals surface area contributed by atoms with Crippen LogP contribution in [0.4, 0.5) is 5.69 Å². The van der Waals surface area contributed by atoms with E-state index in [-0.39, 0.29) is 17.7 Å². The lowest BCUT2D eigenvalue weighted by molar-refractivity contribution is -0.128. The molecule has 0 spiro atoms. The van der Waals surface area contributed by atoms with Crippen LogP contribution in [0, 0.1) is 0 Å². The Morgan fingerprint density at radius 2 is 2.12 bits per heavy atom. The van der Waals surface area contributed by atoms with Crippen LogP contribution in [0.5, 0.6) is 0 Å². The Labute approximate surface area is 104 Å². The van der Waals surface area contributed by atoms with E-state index in [9.17, 15) is 9.00 Å². The first kappa shape index (κ1) is 13.7. The van der Waals surface area contributed by atoms with Crippen molar-refractivity contribution in [2.45, 2.75) is 24.8 Å². The summed E-state index contributed by atoms with van der Waals surface area (Å²) >= 11 is 0. The van der Waals surface area contributed by atoms with Crippen LogP contribution in [-0.4, -0.2) is 33.9 Å². The van der Waals surface area contributed by atoms with Crippen LogP contribution in [0.3, 0.4) is 0 Å². The largest absolute Gasteiger partial charge is 0.399 e. The minimum Gasteiger partial charge on any atom is -0.399 e. The number of amides is 1. The SMILES string of the molecule is CC(C)N(C)C(=O)CS(=O)c1cccc(N)c1. The maximum atomic E-state index is 11.9. The number of hydrogen-bond donors (Lipinski definition) is 1. The third-order valence-electron chi connectivity index (χ3n) is 2.54. The molecule has 0 fully saturated rings. The molecule has 1 unspecified atom stereocenters. The molecule has 2 N–H and O–H groups in total.